The Labute approximate surface area is 155 Å². The van der Waals surface area contributed by atoms with E-state index in [0.29, 0.717) is 6.42 Å². The number of aliphatic hydroxyl groups is 1. The fraction of sp³-hybridized carbons (Fsp3) is 0.263. The van der Waals surface area contributed by atoms with Gasteiger partial charge in [0.15, 0.2) is 0 Å². The molecule has 0 fully saturated rings. The summed E-state index contributed by atoms with van der Waals surface area (Å²) < 4.78 is 1.04. The van der Waals surface area contributed by atoms with Crippen molar-refractivity contribution in [3.05, 3.63) is 68.8 Å². The third-order valence-electron chi connectivity index (χ3n) is 4.26. The van der Waals surface area contributed by atoms with Crippen LogP contribution in [0.3, 0.4) is 0 Å². The third kappa shape index (κ3) is 4.01. The van der Waals surface area contributed by atoms with Crippen LogP contribution < -0.4 is 5.32 Å². The van der Waals surface area contributed by atoms with E-state index in [1.54, 1.807) is 7.05 Å². The van der Waals surface area contributed by atoms with Crippen LogP contribution in [0, 0.1) is 0 Å². The number of hydrogen-bond acceptors (Lipinski definition) is 2. The zero-order chi connectivity index (χ0) is 17.1. The standard InChI is InChI=1S/C19H20BrClN2O/c1-22-19(24)11-16-15-8-5-13(20)10-18(15)23-17(16)9-4-12-2-6-14(21)7-3-12/h2-3,5-8,10,19,22-24H,4,9,11H2,1H3. The van der Waals surface area contributed by atoms with Crippen molar-refractivity contribution in [3.8, 4) is 0 Å². The van der Waals surface area contributed by atoms with Gasteiger partial charge in [-0.15, -0.1) is 0 Å². The Morgan fingerprint density at radius 1 is 1.17 bits per heavy atom. The molecule has 126 valence electrons. The maximum atomic E-state index is 10.0. The van der Waals surface area contributed by atoms with Gasteiger partial charge in [-0.3, -0.25) is 5.32 Å². The van der Waals surface area contributed by atoms with Crippen molar-refractivity contribution in [2.75, 3.05) is 7.05 Å². The smallest absolute Gasteiger partial charge is 0.108 e. The summed E-state index contributed by atoms with van der Waals surface area (Å²) >= 11 is 9.47. The number of aliphatic hydroxyl groups excluding tert-OH is 1. The summed E-state index contributed by atoms with van der Waals surface area (Å²) in [5.74, 6) is 0. The number of fused-ring (bicyclic) bond motifs is 1. The number of likely N-dealkylation sites (N-methyl/N-ethyl adjacent to an activating group) is 1. The number of rotatable bonds is 6. The molecule has 3 nitrogen and oxygen atoms in total. The first-order valence-electron chi connectivity index (χ1n) is 7.95. The van der Waals surface area contributed by atoms with Gasteiger partial charge in [-0.25, -0.2) is 0 Å². The van der Waals surface area contributed by atoms with E-state index >= 15 is 0 Å². The van der Waals surface area contributed by atoms with Gasteiger partial charge in [0, 0.05) is 32.5 Å². The number of hydrogen-bond donors (Lipinski definition) is 3. The van der Waals surface area contributed by atoms with E-state index in [1.807, 2.05) is 18.2 Å². The second-order valence-electron chi connectivity index (χ2n) is 5.91. The van der Waals surface area contributed by atoms with Crippen molar-refractivity contribution in [3.63, 3.8) is 0 Å². The van der Waals surface area contributed by atoms with Crippen molar-refractivity contribution < 1.29 is 5.11 Å². The second kappa shape index (κ2) is 7.70. The van der Waals surface area contributed by atoms with Crippen LogP contribution in [-0.2, 0) is 19.3 Å². The molecule has 0 saturated heterocycles. The maximum absolute atomic E-state index is 10.0. The summed E-state index contributed by atoms with van der Waals surface area (Å²) in [6.45, 7) is 0. The molecule has 0 saturated carbocycles. The highest BCUT2D eigenvalue weighted by Gasteiger charge is 2.15. The Bertz CT molecular complexity index is 829. The predicted octanol–water partition coefficient (Wildman–Crippen LogP) is 4.45. The molecule has 24 heavy (non-hydrogen) atoms. The van der Waals surface area contributed by atoms with Gasteiger partial charge in [-0.2, -0.15) is 0 Å². The minimum atomic E-state index is -0.554. The van der Waals surface area contributed by atoms with Crippen molar-refractivity contribution in [1.29, 1.82) is 0 Å². The highest BCUT2D eigenvalue weighted by molar-refractivity contribution is 9.10. The zero-order valence-corrected chi connectivity index (χ0v) is 15.8. The van der Waals surface area contributed by atoms with Crippen molar-refractivity contribution in [2.24, 2.45) is 0 Å². The number of aryl methyl sites for hydroxylation is 2. The van der Waals surface area contributed by atoms with Crippen LogP contribution >= 0.6 is 27.5 Å². The average molecular weight is 408 g/mol. The highest BCUT2D eigenvalue weighted by Crippen LogP contribution is 2.27. The number of nitrogens with one attached hydrogen (secondary N) is 2. The lowest BCUT2D eigenvalue weighted by atomic mass is 10.0. The Morgan fingerprint density at radius 2 is 1.92 bits per heavy atom. The van der Waals surface area contributed by atoms with E-state index in [-0.39, 0.29) is 0 Å². The lowest BCUT2D eigenvalue weighted by Crippen LogP contribution is -2.27. The summed E-state index contributed by atoms with van der Waals surface area (Å²) in [4.78, 5) is 3.52. The van der Waals surface area contributed by atoms with Crippen molar-refractivity contribution in [1.82, 2.24) is 10.3 Å². The van der Waals surface area contributed by atoms with Gasteiger partial charge < -0.3 is 10.1 Å². The molecule has 3 aromatic rings. The Kier molecular flexibility index (Phi) is 5.61. The van der Waals surface area contributed by atoms with E-state index in [1.165, 1.54) is 22.2 Å². The number of aromatic amines is 1. The van der Waals surface area contributed by atoms with E-state index in [0.717, 1.165) is 27.9 Å². The molecule has 2 aromatic carbocycles. The monoisotopic (exact) mass is 406 g/mol. The van der Waals surface area contributed by atoms with Gasteiger partial charge in [0.1, 0.15) is 6.23 Å². The number of halogens is 2. The molecular formula is C19H20BrClN2O. The van der Waals surface area contributed by atoms with Crippen LogP contribution in [0.5, 0.6) is 0 Å². The zero-order valence-electron chi connectivity index (χ0n) is 13.4. The Hall–Kier alpha value is -1.33. The quantitative estimate of drug-likeness (QED) is 0.529. The lowest BCUT2D eigenvalue weighted by molar-refractivity contribution is 0.147. The second-order valence-corrected chi connectivity index (χ2v) is 7.26. The number of aromatic nitrogens is 1. The molecule has 1 aromatic heterocycles. The van der Waals surface area contributed by atoms with Gasteiger partial charge in [0.25, 0.3) is 0 Å². The van der Waals surface area contributed by atoms with Gasteiger partial charge in [-0.1, -0.05) is 45.7 Å². The molecule has 3 N–H and O–H groups in total. The Morgan fingerprint density at radius 3 is 2.62 bits per heavy atom. The van der Waals surface area contributed by atoms with Crippen molar-refractivity contribution in [2.45, 2.75) is 25.5 Å². The summed E-state index contributed by atoms with van der Waals surface area (Å²) in [7, 11) is 1.77. The van der Waals surface area contributed by atoms with Gasteiger partial charge in [-0.05, 0) is 55.3 Å². The van der Waals surface area contributed by atoms with Crippen LogP contribution in [0.2, 0.25) is 5.02 Å². The molecule has 0 aliphatic rings. The molecule has 0 aliphatic carbocycles. The lowest BCUT2D eigenvalue weighted by Gasteiger charge is -2.11. The van der Waals surface area contributed by atoms with Crippen LogP contribution in [-0.4, -0.2) is 23.4 Å². The molecule has 3 rings (SSSR count). The molecule has 1 unspecified atom stereocenters. The van der Waals surface area contributed by atoms with E-state index in [4.69, 9.17) is 11.6 Å². The van der Waals surface area contributed by atoms with Crippen LogP contribution in [0.1, 0.15) is 16.8 Å². The molecule has 0 aliphatic heterocycles. The molecule has 1 atom stereocenters. The summed E-state index contributed by atoms with van der Waals surface area (Å²) in [6.07, 6.45) is 1.84. The molecular weight excluding hydrogens is 388 g/mol. The average Bonchev–Trinajstić information content (AvgIpc) is 2.91. The number of benzene rings is 2. The fourth-order valence-corrected chi connectivity index (χ4v) is 3.43. The minimum Gasteiger partial charge on any atom is -0.378 e. The Balaban J connectivity index is 1.89. The fourth-order valence-electron chi connectivity index (χ4n) is 2.95. The molecule has 5 heteroatoms. The first kappa shape index (κ1) is 17.5. The third-order valence-corrected chi connectivity index (χ3v) is 5.01. The highest BCUT2D eigenvalue weighted by atomic mass is 79.9. The largest absolute Gasteiger partial charge is 0.378 e. The molecule has 0 spiro atoms. The topological polar surface area (TPSA) is 48.0 Å². The van der Waals surface area contributed by atoms with Gasteiger partial charge >= 0.3 is 0 Å². The van der Waals surface area contributed by atoms with E-state index < -0.39 is 6.23 Å². The summed E-state index contributed by atoms with van der Waals surface area (Å²) in [6, 6.07) is 14.2. The first-order chi connectivity index (χ1) is 11.6. The predicted molar refractivity (Wildman–Crippen MR) is 104 cm³/mol. The normalized spacial score (nSPS) is 12.7. The molecule has 0 amide bonds. The molecule has 0 bridgehead atoms. The van der Waals surface area contributed by atoms with E-state index in [2.05, 4.69) is 50.5 Å². The van der Waals surface area contributed by atoms with Crippen LogP contribution in [0.4, 0.5) is 0 Å². The van der Waals surface area contributed by atoms with Gasteiger partial charge in [0.2, 0.25) is 0 Å². The van der Waals surface area contributed by atoms with Crippen LogP contribution in [0.25, 0.3) is 10.9 Å². The molecule has 1 heterocycles. The number of H-pyrrole nitrogens is 1. The van der Waals surface area contributed by atoms with E-state index in [9.17, 15) is 5.11 Å². The minimum absolute atomic E-state index is 0.554. The molecule has 0 radical (unpaired) electrons. The summed E-state index contributed by atoms with van der Waals surface area (Å²) in [5, 5.41) is 14.9. The van der Waals surface area contributed by atoms with Gasteiger partial charge in [0.05, 0.1) is 0 Å². The SMILES string of the molecule is CNC(O)Cc1c(CCc2ccc(Cl)cc2)[nH]c2cc(Br)ccc12. The maximum Gasteiger partial charge on any atom is 0.108 e. The first-order valence-corrected chi connectivity index (χ1v) is 9.12. The van der Waals surface area contributed by atoms with Crippen molar-refractivity contribution >= 4 is 38.4 Å². The summed E-state index contributed by atoms with van der Waals surface area (Å²) in [5.41, 5.74) is 4.69. The van der Waals surface area contributed by atoms with Crippen LogP contribution in [0.15, 0.2) is 46.9 Å².